The number of benzene rings is 2. The number of nitrogens with one attached hydrogen (secondary N) is 3. The van der Waals surface area contributed by atoms with Crippen LogP contribution in [-0.2, 0) is 27.3 Å². The molecule has 1 heterocycles. The van der Waals surface area contributed by atoms with Gasteiger partial charge in [-0.2, -0.15) is 0 Å². The van der Waals surface area contributed by atoms with Crippen LogP contribution in [0.4, 0.5) is 0 Å². The Labute approximate surface area is 194 Å². The van der Waals surface area contributed by atoms with Crippen molar-refractivity contribution in [2.24, 2.45) is 11.8 Å². The van der Waals surface area contributed by atoms with Gasteiger partial charge in [0.1, 0.15) is 0 Å². The minimum Gasteiger partial charge on any atom is -0.479 e. The lowest BCUT2D eigenvalue weighted by molar-refractivity contribution is -0.143. The highest BCUT2D eigenvalue weighted by Crippen LogP contribution is 2.29. The van der Waals surface area contributed by atoms with Crippen molar-refractivity contribution in [3.8, 4) is 0 Å². The largest absolute Gasteiger partial charge is 0.479 e. The van der Waals surface area contributed by atoms with Gasteiger partial charge in [0.2, 0.25) is 11.8 Å². The maximum Gasteiger partial charge on any atom is 0.330 e. The number of aliphatic carboxylic acids is 1. The van der Waals surface area contributed by atoms with Crippen molar-refractivity contribution in [3.63, 3.8) is 0 Å². The third-order valence-electron chi connectivity index (χ3n) is 6.85. The first kappa shape index (κ1) is 23.0. The van der Waals surface area contributed by atoms with Crippen LogP contribution in [0.5, 0.6) is 0 Å². The molecule has 0 saturated heterocycles. The molecule has 2 amide bonds. The van der Waals surface area contributed by atoms with Crippen molar-refractivity contribution >= 4 is 17.8 Å². The quantitative estimate of drug-likeness (QED) is 0.520. The number of carboxylic acids is 1. The summed E-state index contributed by atoms with van der Waals surface area (Å²) in [5, 5.41) is 18.6. The second kappa shape index (κ2) is 10.6. The standard InChI is InChI=1S/C26H31N3O4/c30-24(29-23(26(32)33)18-6-2-1-3-7-18)19-12-10-17(11-13-19)15-28-25(31)22-14-20-8-4-5-9-21(20)16-27-22/h1-9,17,19,22-23,27H,10-16H2,(H,28,31)(H,29,30)(H,32,33). The van der Waals surface area contributed by atoms with Crippen molar-refractivity contribution in [3.05, 3.63) is 71.3 Å². The highest BCUT2D eigenvalue weighted by atomic mass is 16.4. The van der Waals surface area contributed by atoms with Crippen LogP contribution in [0.25, 0.3) is 0 Å². The summed E-state index contributed by atoms with van der Waals surface area (Å²) in [6, 6.07) is 15.7. The molecular weight excluding hydrogens is 418 g/mol. The zero-order valence-corrected chi connectivity index (χ0v) is 18.6. The normalized spacial score (nSPS) is 23.1. The van der Waals surface area contributed by atoms with E-state index in [0.717, 1.165) is 12.8 Å². The number of carbonyl (C=O) groups excluding carboxylic acids is 2. The summed E-state index contributed by atoms with van der Waals surface area (Å²) in [6.45, 7) is 1.31. The van der Waals surface area contributed by atoms with Crippen molar-refractivity contribution < 1.29 is 19.5 Å². The first-order valence-corrected chi connectivity index (χ1v) is 11.7. The molecule has 4 rings (SSSR count). The number of hydrogen-bond acceptors (Lipinski definition) is 4. The third kappa shape index (κ3) is 5.79. The molecule has 2 unspecified atom stereocenters. The van der Waals surface area contributed by atoms with Gasteiger partial charge < -0.3 is 21.1 Å². The summed E-state index contributed by atoms with van der Waals surface area (Å²) in [7, 11) is 0. The minimum absolute atomic E-state index is 0.0246. The lowest BCUT2D eigenvalue weighted by Crippen LogP contribution is -2.48. The van der Waals surface area contributed by atoms with E-state index in [4.69, 9.17) is 0 Å². The van der Waals surface area contributed by atoms with Gasteiger partial charge in [-0.3, -0.25) is 9.59 Å². The van der Waals surface area contributed by atoms with Crippen LogP contribution in [-0.4, -0.2) is 35.5 Å². The number of rotatable bonds is 7. The summed E-state index contributed by atoms with van der Waals surface area (Å²) in [4.78, 5) is 37.0. The average Bonchev–Trinajstić information content (AvgIpc) is 2.86. The topological polar surface area (TPSA) is 108 Å². The fraction of sp³-hybridized carbons (Fsp3) is 0.423. The molecule has 0 radical (unpaired) electrons. The second-order valence-corrected chi connectivity index (χ2v) is 9.06. The monoisotopic (exact) mass is 449 g/mol. The minimum atomic E-state index is -1.06. The van der Waals surface area contributed by atoms with E-state index < -0.39 is 12.0 Å². The van der Waals surface area contributed by atoms with E-state index in [-0.39, 0.29) is 23.8 Å². The molecule has 2 aromatic rings. The zero-order chi connectivity index (χ0) is 23.2. The summed E-state index contributed by atoms with van der Waals surface area (Å²) in [5.41, 5.74) is 3.03. The highest BCUT2D eigenvalue weighted by Gasteiger charge is 2.31. The number of carboxylic acid groups (broad SMARTS) is 1. The van der Waals surface area contributed by atoms with Crippen LogP contribution < -0.4 is 16.0 Å². The van der Waals surface area contributed by atoms with Gasteiger partial charge in [0.25, 0.3) is 0 Å². The highest BCUT2D eigenvalue weighted by molar-refractivity contribution is 5.86. The summed E-state index contributed by atoms with van der Waals surface area (Å²) in [6.07, 6.45) is 3.76. The van der Waals surface area contributed by atoms with E-state index in [1.807, 2.05) is 18.2 Å². The summed E-state index contributed by atoms with van der Waals surface area (Å²) >= 11 is 0. The molecule has 1 saturated carbocycles. The van der Waals surface area contributed by atoms with Gasteiger partial charge in [0, 0.05) is 19.0 Å². The molecule has 1 aliphatic carbocycles. The molecule has 2 aliphatic rings. The number of amides is 2. The van der Waals surface area contributed by atoms with E-state index in [1.165, 1.54) is 11.1 Å². The van der Waals surface area contributed by atoms with Gasteiger partial charge in [-0.25, -0.2) is 4.79 Å². The third-order valence-corrected chi connectivity index (χ3v) is 6.85. The van der Waals surface area contributed by atoms with Crippen LogP contribution in [0.1, 0.15) is 48.4 Å². The van der Waals surface area contributed by atoms with Crippen molar-refractivity contribution in [2.75, 3.05) is 6.54 Å². The van der Waals surface area contributed by atoms with E-state index in [1.54, 1.807) is 24.3 Å². The molecule has 2 atom stereocenters. The van der Waals surface area contributed by atoms with E-state index >= 15 is 0 Å². The Bertz CT molecular complexity index is 986. The predicted octanol–water partition coefficient (Wildman–Crippen LogP) is 2.57. The molecule has 0 aromatic heterocycles. The van der Waals surface area contributed by atoms with Crippen LogP contribution >= 0.6 is 0 Å². The first-order valence-electron chi connectivity index (χ1n) is 11.7. The Balaban J connectivity index is 1.22. The van der Waals surface area contributed by atoms with E-state index in [0.29, 0.717) is 43.8 Å². The number of fused-ring (bicyclic) bond motifs is 1. The van der Waals surface area contributed by atoms with Crippen LogP contribution in [0.3, 0.4) is 0 Å². The van der Waals surface area contributed by atoms with Crippen LogP contribution in [0.2, 0.25) is 0 Å². The van der Waals surface area contributed by atoms with Crippen LogP contribution in [0.15, 0.2) is 54.6 Å². The van der Waals surface area contributed by atoms with Gasteiger partial charge in [-0.15, -0.1) is 0 Å². The fourth-order valence-corrected chi connectivity index (χ4v) is 4.83. The first-order chi connectivity index (χ1) is 16.0. The second-order valence-electron chi connectivity index (χ2n) is 9.06. The molecule has 1 aliphatic heterocycles. The van der Waals surface area contributed by atoms with Crippen molar-refractivity contribution in [2.45, 2.75) is 50.7 Å². The predicted molar refractivity (Wildman–Crippen MR) is 124 cm³/mol. The average molecular weight is 450 g/mol. The maximum absolute atomic E-state index is 12.7. The maximum atomic E-state index is 12.7. The van der Waals surface area contributed by atoms with E-state index in [2.05, 4.69) is 28.1 Å². The SMILES string of the molecule is O=C(NC(C(=O)O)c1ccccc1)C1CCC(CNC(=O)C2Cc3ccccc3CN2)CC1. The van der Waals surface area contributed by atoms with E-state index in [9.17, 15) is 19.5 Å². The fourth-order valence-electron chi connectivity index (χ4n) is 4.83. The van der Waals surface area contributed by atoms with Crippen molar-refractivity contribution in [1.29, 1.82) is 0 Å². The van der Waals surface area contributed by atoms with Crippen molar-refractivity contribution in [1.82, 2.24) is 16.0 Å². The van der Waals surface area contributed by atoms with Gasteiger partial charge in [0.05, 0.1) is 6.04 Å². The summed E-state index contributed by atoms with van der Waals surface area (Å²) in [5.74, 6) is -1.11. The van der Waals surface area contributed by atoms with Gasteiger partial charge in [-0.1, -0.05) is 54.6 Å². The Kier molecular flexibility index (Phi) is 7.40. The molecular formula is C26H31N3O4. The zero-order valence-electron chi connectivity index (χ0n) is 18.6. The van der Waals surface area contributed by atoms with Crippen LogP contribution in [0, 0.1) is 11.8 Å². The van der Waals surface area contributed by atoms with Gasteiger partial charge >= 0.3 is 5.97 Å². The molecule has 7 heteroatoms. The molecule has 4 N–H and O–H groups in total. The lowest BCUT2D eigenvalue weighted by atomic mass is 9.81. The molecule has 1 fully saturated rings. The molecule has 2 aromatic carbocycles. The van der Waals surface area contributed by atoms with Gasteiger partial charge in [-0.05, 0) is 54.7 Å². The lowest BCUT2D eigenvalue weighted by Gasteiger charge is -2.30. The molecule has 174 valence electrons. The molecule has 33 heavy (non-hydrogen) atoms. The molecule has 0 bridgehead atoms. The van der Waals surface area contributed by atoms with Gasteiger partial charge in [0.15, 0.2) is 6.04 Å². The molecule has 0 spiro atoms. The number of hydrogen-bond donors (Lipinski definition) is 4. The smallest absolute Gasteiger partial charge is 0.330 e. The Morgan fingerprint density at radius 1 is 0.909 bits per heavy atom. The Hall–Kier alpha value is -3.19. The Morgan fingerprint density at radius 2 is 1.58 bits per heavy atom. The number of carbonyl (C=O) groups is 3. The summed E-state index contributed by atoms with van der Waals surface area (Å²) < 4.78 is 0. The molecule has 7 nitrogen and oxygen atoms in total. The Morgan fingerprint density at radius 3 is 2.27 bits per heavy atom.